The molecule has 4 rings (SSSR count). The van der Waals surface area contributed by atoms with Gasteiger partial charge in [-0.05, 0) is 86.7 Å². The van der Waals surface area contributed by atoms with Crippen molar-refractivity contribution in [3.63, 3.8) is 0 Å². The average molecular weight is 445 g/mol. The highest BCUT2D eigenvalue weighted by molar-refractivity contribution is 5.88. The number of ether oxygens (including phenoxy) is 2. The van der Waals surface area contributed by atoms with Crippen molar-refractivity contribution >= 4 is 16.9 Å². The highest BCUT2D eigenvalue weighted by Crippen LogP contribution is 2.35. The van der Waals surface area contributed by atoms with E-state index in [1.54, 1.807) is 0 Å². The van der Waals surface area contributed by atoms with Gasteiger partial charge in [0, 0.05) is 6.54 Å². The van der Waals surface area contributed by atoms with E-state index in [0.29, 0.717) is 42.4 Å². The predicted molar refractivity (Wildman–Crippen MR) is 122 cm³/mol. The Labute approximate surface area is 190 Å². The smallest absolute Gasteiger partial charge is 0.306 e. The van der Waals surface area contributed by atoms with Gasteiger partial charge in [0.25, 0.3) is 5.88 Å². The quantitative estimate of drug-likeness (QED) is 0.592. The van der Waals surface area contributed by atoms with Gasteiger partial charge in [0.1, 0.15) is 11.1 Å². The minimum absolute atomic E-state index is 0.127. The van der Waals surface area contributed by atoms with Crippen molar-refractivity contribution in [3.8, 4) is 11.6 Å². The molecule has 176 valence electrons. The third-order valence-electron chi connectivity index (χ3n) is 6.88. The lowest BCUT2D eigenvalue weighted by molar-refractivity contribution is -0.143. The van der Waals surface area contributed by atoms with Crippen molar-refractivity contribution in [2.24, 2.45) is 23.7 Å². The van der Waals surface area contributed by atoms with Crippen molar-refractivity contribution in [1.29, 1.82) is 0 Å². The maximum Gasteiger partial charge on any atom is 0.306 e. The zero-order valence-corrected chi connectivity index (χ0v) is 19.3. The van der Waals surface area contributed by atoms with Crippen LogP contribution < -0.4 is 9.47 Å². The Morgan fingerprint density at radius 3 is 2.56 bits per heavy atom. The summed E-state index contributed by atoms with van der Waals surface area (Å²) in [6, 6.07) is 5.74. The van der Waals surface area contributed by atoms with Crippen LogP contribution in [0.25, 0.3) is 11.0 Å². The van der Waals surface area contributed by atoms with Gasteiger partial charge in [-0.2, -0.15) is 0 Å². The van der Waals surface area contributed by atoms with Crippen LogP contribution in [-0.2, 0) is 4.79 Å². The second kappa shape index (κ2) is 10.6. The van der Waals surface area contributed by atoms with E-state index in [-0.39, 0.29) is 5.92 Å². The third kappa shape index (κ3) is 5.74. The Morgan fingerprint density at radius 1 is 1.12 bits per heavy atom. The maximum absolute atomic E-state index is 11.1. The highest BCUT2D eigenvalue weighted by atomic mass is 16.5. The number of hydrogen-bond acceptors (Lipinski definition) is 6. The van der Waals surface area contributed by atoms with Gasteiger partial charge in [-0.3, -0.25) is 4.79 Å². The molecule has 2 fully saturated rings. The van der Waals surface area contributed by atoms with Crippen LogP contribution >= 0.6 is 0 Å². The minimum atomic E-state index is -0.622. The number of rotatable bonds is 9. The molecule has 1 aromatic heterocycles. The number of piperidine rings is 1. The van der Waals surface area contributed by atoms with E-state index < -0.39 is 5.97 Å². The number of hydrogen-bond donors (Lipinski definition) is 1. The van der Waals surface area contributed by atoms with Gasteiger partial charge >= 0.3 is 5.97 Å². The molecule has 0 radical (unpaired) electrons. The normalized spacial score (nSPS) is 23.0. The van der Waals surface area contributed by atoms with Crippen molar-refractivity contribution in [2.45, 2.75) is 52.4 Å². The fourth-order valence-corrected chi connectivity index (χ4v) is 4.90. The zero-order valence-electron chi connectivity index (χ0n) is 19.3. The molecular weight excluding hydrogens is 408 g/mol. The highest BCUT2D eigenvalue weighted by Gasteiger charge is 2.28. The molecule has 1 aliphatic carbocycles. The van der Waals surface area contributed by atoms with Crippen LogP contribution in [0.5, 0.6) is 11.6 Å². The van der Waals surface area contributed by atoms with Crippen molar-refractivity contribution in [2.75, 3.05) is 32.8 Å². The number of carbonyl (C=O) groups is 1. The Bertz CT molecular complexity index is 880. The largest absolute Gasteiger partial charge is 0.492 e. The molecule has 0 bridgehead atoms. The SMILES string of the molecule is CC(C)COc1cccc2onc(OCC3CCN(CC4CCC(C(=O)O)CC4)CC3)c12. The lowest BCUT2D eigenvalue weighted by Gasteiger charge is -2.36. The summed E-state index contributed by atoms with van der Waals surface area (Å²) in [5.74, 6) is 2.12. The predicted octanol–water partition coefficient (Wildman–Crippen LogP) is 4.84. The van der Waals surface area contributed by atoms with Gasteiger partial charge in [0.15, 0.2) is 5.58 Å². The molecule has 7 heteroatoms. The van der Waals surface area contributed by atoms with Crippen LogP contribution in [-0.4, -0.2) is 54.0 Å². The van der Waals surface area contributed by atoms with E-state index in [4.69, 9.17) is 14.0 Å². The summed E-state index contributed by atoms with van der Waals surface area (Å²) in [7, 11) is 0. The van der Waals surface area contributed by atoms with E-state index in [0.717, 1.165) is 69.3 Å². The molecule has 1 N–H and O–H groups in total. The molecule has 7 nitrogen and oxygen atoms in total. The number of nitrogens with zero attached hydrogens (tertiary/aromatic N) is 2. The van der Waals surface area contributed by atoms with E-state index in [9.17, 15) is 9.90 Å². The molecule has 0 unspecified atom stereocenters. The number of likely N-dealkylation sites (tertiary alicyclic amines) is 1. The molecule has 1 saturated heterocycles. The summed E-state index contributed by atoms with van der Waals surface area (Å²) in [5, 5.41) is 14.1. The van der Waals surface area contributed by atoms with Crippen molar-refractivity contribution < 1.29 is 23.9 Å². The number of fused-ring (bicyclic) bond motifs is 1. The molecule has 2 aromatic rings. The summed E-state index contributed by atoms with van der Waals surface area (Å²) in [6.45, 7) is 8.78. The standard InChI is InChI=1S/C25H36N2O5/c1-17(2)15-30-21-4-3-5-22-23(21)24(26-32-22)31-16-19-10-12-27(13-11-19)14-18-6-8-20(9-7-18)25(28)29/h3-5,17-20H,6-16H2,1-2H3,(H,28,29). The summed E-state index contributed by atoms with van der Waals surface area (Å²) >= 11 is 0. The molecular formula is C25H36N2O5. The lowest BCUT2D eigenvalue weighted by Crippen LogP contribution is -2.39. The summed E-state index contributed by atoms with van der Waals surface area (Å²) in [5.41, 5.74) is 0.689. The summed E-state index contributed by atoms with van der Waals surface area (Å²) < 4.78 is 17.5. The fraction of sp³-hybridized carbons (Fsp3) is 0.680. The van der Waals surface area contributed by atoms with E-state index in [1.165, 1.54) is 0 Å². The second-order valence-corrected chi connectivity index (χ2v) is 9.93. The number of aliphatic carboxylic acids is 1. The lowest BCUT2D eigenvalue weighted by atomic mass is 9.81. The van der Waals surface area contributed by atoms with Crippen LogP contribution in [0.4, 0.5) is 0 Å². The third-order valence-corrected chi connectivity index (χ3v) is 6.88. The number of benzene rings is 1. The first-order chi connectivity index (χ1) is 15.5. The molecule has 1 aromatic carbocycles. The van der Waals surface area contributed by atoms with E-state index >= 15 is 0 Å². The van der Waals surface area contributed by atoms with Gasteiger partial charge in [-0.15, -0.1) is 0 Å². The van der Waals surface area contributed by atoms with E-state index in [2.05, 4.69) is 23.9 Å². The Kier molecular flexibility index (Phi) is 7.55. The maximum atomic E-state index is 11.1. The fourth-order valence-electron chi connectivity index (χ4n) is 4.90. The molecule has 1 saturated carbocycles. The van der Waals surface area contributed by atoms with Crippen molar-refractivity contribution in [1.82, 2.24) is 10.1 Å². The molecule has 0 atom stereocenters. The molecule has 2 heterocycles. The first-order valence-corrected chi connectivity index (χ1v) is 12.1. The van der Waals surface area contributed by atoms with Crippen LogP contribution in [0.1, 0.15) is 52.4 Å². The summed E-state index contributed by atoms with van der Waals surface area (Å²) in [6.07, 6.45) is 5.96. The molecule has 0 amide bonds. The minimum Gasteiger partial charge on any atom is -0.492 e. The molecule has 1 aliphatic heterocycles. The topological polar surface area (TPSA) is 85.0 Å². The second-order valence-electron chi connectivity index (χ2n) is 9.93. The van der Waals surface area contributed by atoms with Crippen LogP contribution in [0.2, 0.25) is 0 Å². The molecule has 2 aliphatic rings. The van der Waals surface area contributed by atoms with Gasteiger partial charge in [0.2, 0.25) is 0 Å². The van der Waals surface area contributed by atoms with Gasteiger partial charge in [-0.1, -0.05) is 19.9 Å². The van der Waals surface area contributed by atoms with Crippen molar-refractivity contribution in [3.05, 3.63) is 18.2 Å². The van der Waals surface area contributed by atoms with E-state index in [1.807, 2.05) is 18.2 Å². The molecule has 32 heavy (non-hydrogen) atoms. The Balaban J connectivity index is 1.24. The van der Waals surface area contributed by atoms with Crippen LogP contribution in [0, 0.1) is 23.7 Å². The van der Waals surface area contributed by atoms with Crippen LogP contribution in [0.15, 0.2) is 22.7 Å². The van der Waals surface area contributed by atoms with Gasteiger partial charge in [0.05, 0.1) is 19.1 Å². The van der Waals surface area contributed by atoms with Crippen LogP contribution in [0.3, 0.4) is 0 Å². The summed E-state index contributed by atoms with van der Waals surface area (Å²) in [4.78, 5) is 13.7. The number of aromatic nitrogens is 1. The average Bonchev–Trinajstić information content (AvgIpc) is 3.21. The number of carboxylic acids is 1. The Hall–Kier alpha value is -2.28. The first kappa shape index (κ1) is 22.9. The Morgan fingerprint density at radius 2 is 1.88 bits per heavy atom. The number of carboxylic acid groups (broad SMARTS) is 1. The molecule has 0 spiro atoms. The van der Waals surface area contributed by atoms with Gasteiger partial charge < -0.3 is 24.0 Å². The monoisotopic (exact) mass is 444 g/mol. The first-order valence-electron chi connectivity index (χ1n) is 12.1. The zero-order chi connectivity index (χ0) is 22.5. The van der Waals surface area contributed by atoms with Gasteiger partial charge in [-0.25, -0.2) is 0 Å².